The molecule has 2 N–H and O–H groups in total. The van der Waals surface area contributed by atoms with Gasteiger partial charge in [0.15, 0.2) is 0 Å². The van der Waals surface area contributed by atoms with Crippen LogP contribution in [0.1, 0.15) is 59.2 Å². The van der Waals surface area contributed by atoms with Crippen LogP contribution in [0.4, 0.5) is 0 Å². The molecule has 0 aromatic heterocycles. The number of amides is 2. The van der Waals surface area contributed by atoms with Crippen molar-refractivity contribution in [3.05, 3.63) is 35.4 Å². The van der Waals surface area contributed by atoms with Crippen molar-refractivity contribution < 1.29 is 14.3 Å². The Bertz CT molecular complexity index is 523. The smallest absolute Gasteiger partial charge is 0.251 e. The quantitative estimate of drug-likeness (QED) is 0.625. The summed E-state index contributed by atoms with van der Waals surface area (Å²) in [5.74, 6) is -0.283. The molecule has 1 aromatic carbocycles. The first-order valence-corrected chi connectivity index (χ1v) is 8.39. The van der Waals surface area contributed by atoms with Crippen LogP contribution < -0.4 is 10.6 Å². The van der Waals surface area contributed by atoms with Gasteiger partial charge in [-0.25, -0.2) is 0 Å². The highest BCUT2D eigenvalue weighted by atomic mass is 16.5. The fraction of sp³-hybridized carbons (Fsp3) is 0.556. The van der Waals surface area contributed by atoms with E-state index in [4.69, 9.17) is 4.74 Å². The van der Waals surface area contributed by atoms with E-state index in [1.807, 2.05) is 0 Å². The molecule has 0 unspecified atom stereocenters. The first kappa shape index (κ1) is 17.5. The fourth-order valence-corrected chi connectivity index (χ4v) is 2.86. The maximum Gasteiger partial charge on any atom is 0.251 e. The largest absolute Gasteiger partial charge is 0.383 e. The van der Waals surface area contributed by atoms with Crippen LogP contribution in [0.3, 0.4) is 0 Å². The lowest BCUT2D eigenvalue weighted by Crippen LogP contribution is -2.34. The minimum Gasteiger partial charge on any atom is -0.383 e. The minimum absolute atomic E-state index is 0.0940. The van der Waals surface area contributed by atoms with Gasteiger partial charge in [-0.05, 0) is 31.0 Å². The van der Waals surface area contributed by atoms with Gasteiger partial charge in [-0.1, -0.05) is 31.7 Å². The monoisotopic (exact) mass is 318 g/mol. The van der Waals surface area contributed by atoms with Crippen LogP contribution in [0.25, 0.3) is 0 Å². The third-order valence-electron chi connectivity index (χ3n) is 4.17. The lowest BCUT2D eigenvalue weighted by Gasteiger charge is -2.16. The summed E-state index contributed by atoms with van der Waals surface area (Å²) >= 11 is 0. The molecule has 2 amide bonds. The molecule has 2 rings (SSSR count). The number of ether oxygens (including phenoxy) is 1. The maximum atomic E-state index is 12.4. The molecule has 5 nitrogen and oxygen atoms in total. The van der Waals surface area contributed by atoms with Gasteiger partial charge in [0.2, 0.25) is 0 Å². The summed E-state index contributed by atoms with van der Waals surface area (Å²) in [6.45, 7) is 0.918. The Balaban J connectivity index is 1.94. The molecule has 0 bridgehead atoms. The zero-order valence-electron chi connectivity index (χ0n) is 13.8. The fourth-order valence-electron chi connectivity index (χ4n) is 2.86. The third-order valence-corrected chi connectivity index (χ3v) is 4.17. The average molecular weight is 318 g/mol. The highest BCUT2D eigenvalue weighted by Crippen LogP contribution is 2.17. The standard InChI is InChI=1S/C18H26N2O3/c1-23-12-11-19-17(21)14-7-6-8-15(13-14)18(22)20-16-9-4-2-3-5-10-16/h6-8,13,16H,2-5,9-12H2,1H3,(H,19,21)(H,20,22). The van der Waals surface area contributed by atoms with Crippen molar-refractivity contribution >= 4 is 11.8 Å². The van der Waals surface area contributed by atoms with Crippen LogP contribution in [0.15, 0.2) is 24.3 Å². The van der Waals surface area contributed by atoms with Crippen LogP contribution >= 0.6 is 0 Å². The highest BCUT2D eigenvalue weighted by Gasteiger charge is 2.16. The van der Waals surface area contributed by atoms with Crippen LogP contribution in [0, 0.1) is 0 Å². The van der Waals surface area contributed by atoms with Crippen molar-refractivity contribution in [2.45, 2.75) is 44.6 Å². The number of nitrogens with one attached hydrogen (secondary N) is 2. The van der Waals surface area contributed by atoms with E-state index >= 15 is 0 Å². The summed E-state index contributed by atoms with van der Waals surface area (Å²) < 4.78 is 4.91. The molecule has 23 heavy (non-hydrogen) atoms. The first-order chi connectivity index (χ1) is 11.2. The highest BCUT2D eigenvalue weighted by molar-refractivity contribution is 5.99. The third kappa shape index (κ3) is 5.67. The molecule has 1 aliphatic carbocycles. The Labute approximate surface area is 137 Å². The molecule has 0 heterocycles. The van der Waals surface area contributed by atoms with Crippen LogP contribution in [0.5, 0.6) is 0 Å². The van der Waals surface area contributed by atoms with E-state index < -0.39 is 0 Å². The number of benzene rings is 1. The number of hydrogen-bond acceptors (Lipinski definition) is 3. The molecule has 1 fully saturated rings. The van der Waals surface area contributed by atoms with Gasteiger partial charge in [0.05, 0.1) is 6.61 Å². The van der Waals surface area contributed by atoms with E-state index in [9.17, 15) is 9.59 Å². The summed E-state index contributed by atoms with van der Waals surface area (Å²) in [5, 5.41) is 5.86. The van der Waals surface area contributed by atoms with Gasteiger partial charge in [0, 0.05) is 30.8 Å². The van der Waals surface area contributed by atoms with Crippen LogP contribution in [0.2, 0.25) is 0 Å². The van der Waals surface area contributed by atoms with Crippen molar-refractivity contribution in [3.63, 3.8) is 0 Å². The molecule has 1 aliphatic rings. The SMILES string of the molecule is COCCNC(=O)c1cccc(C(=O)NC2CCCCCC2)c1. The van der Waals surface area contributed by atoms with Crippen LogP contribution in [-0.4, -0.2) is 38.1 Å². The van der Waals surface area contributed by atoms with Gasteiger partial charge < -0.3 is 15.4 Å². The minimum atomic E-state index is -0.189. The predicted molar refractivity (Wildman–Crippen MR) is 89.6 cm³/mol. The Morgan fingerprint density at radius 2 is 1.74 bits per heavy atom. The molecule has 126 valence electrons. The Morgan fingerprint density at radius 3 is 2.39 bits per heavy atom. The van der Waals surface area contributed by atoms with Gasteiger partial charge in [0.25, 0.3) is 11.8 Å². The number of hydrogen-bond donors (Lipinski definition) is 2. The molecule has 0 aliphatic heterocycles. The van der Waals surface area contributed by atoms with Gasteiger partial charge in [-0.15, -0.1) is 0 Å². The second kappa shape index (κ2) is 9.30. The summed E-state index contributed by atoms with van der Waals surface area (Å²) in [6.07, 6.45) is 6.94. The van der Waals surface area contributed by atoms with Crippen molar-refractivity contribution in [2.75, 3.05) is 20.3 Å². The molecular weight excluding hydrogens is 292 g/mol. The number of carbonyl (C=O) groups excluding carboxylic acids is 2. The van der Waals surface area contributed by atoms with Crippen LogP contribution in [-0.2, 0) is 4.74 Å². The number of carbonyl (C=O) groups is 2. The van der Waals surface area contributed by atoms with Crippen molar-refractivity contribution in [2.24, 2.45) is 0 Å². The lowest BCUT2D eigenvalue weighted by molar-refractivity contribution is 0.0933. The van der Waals surface area contributed by atoms with Crippen molar-refractivity contribution in [3.8, 4) is 0 Å². The van der Waals surface area contributed by atoms with Crippen molar-refractivity contribution in [1.29, 1.82) is 0 Å². The number of methoxy groups -OCH3 is 1. The Kier molecular flexibility index (Phi) is 7.07. The van der Waals surface area contributed by atoms with E-state index in [0.717, 1.165) is 12.8 Å². The van der Waals surface area contributed by atoms with E-state index in [-0.39, 0.29) is 17.9 Å². The summed E-state index contributed by atoms with van der Waals surface area (Å²) in [6, 6.07) is 7.11. The summed E-state index contributed by atoms with van der Waals surface area (Å²) in [4.78, 5) is 24.4. The second-order valence-corrected chi connectivity index (χ2v) is 5.99. The lowest BCUT2D eigenvalue weighted by atomic mass is 10.1. The van der Waals surface area contributed by atoms with E-state index in [1.165, 1.54) is 25.7 Å². The molecule has 5 heteroatoms. The normalized spacial score (nSPS) is 15.7. The Hall–Kier alpha value is -1.88. The first-order valence-electron chi connectivity index (χ1n) is 8.39. The van der Waals surface area contributed by atoms with E-state index in [0.29, 0.717) is 24.3 Å². The maximum absolute atomic E-state index is 12.4. The molecule has 1 saturated carbocycles. The topological polar surface area (TPSA) is 67.4 Å². The zero-order chi connectivity index (χ0) is 16.5. The molecular formula is C18H26N2O3. The predicted octanol–water partition coefficient (Wildman–Crippen LogP) is 2.52. The van der Waals surface area contributed by atoms with Gasteiger partial charge >= 0.3 is 0 Å². The van der Waals surface area contributed by atoms with Gasteiger partial charge in [-0.3, -0.25) is 9.59 Å². The Morgan fingerprint density at radius 1 is 1.09 bits per heavy atom. The molecule has 0 atom stereocenters. The second-order valence-electron chi connectivity index (χ2n) is 5.99. The van der Waals surface area contributed by atoms with Gasteiger partial charge in [-0.2, -0.15) is 0 Å². The molecule has 0 saturated heterocycles. The molecule has 1 aromatic rings. The average Bonchev–Trinajstić information content (AvgIpc) is 2.84. The van der Waals surface area contributed by atoms with Crippen molar-refractivity contribution in [1.82, 2.24) is 10.6 Å². The van der Waals surface area contributed by atoms with E-state index in [1.54, 1.807) is 31.4 Å². The zero-order valence-corrected chi connectivity index (χ0v) is 13.8. The van der Waals surface area contributed by atoms with E-state index in [2.05, 4.69) is 10.6 Å². The molecule has 0 spiro atoms. The number of rotatable bonds is 6. The summed E-state index contributed by atoms with van der Waals surface area (Å²) in [5.41, 5.74) is 1.03. The van der Waals surface area contributed by atoms with Gasteiger partial charge in [0.1, 0.15) is 0 Å². The summed E-state index contributed by atoms with van der Waals surface area (Å²) in [7, 11) is 1.59. The molecule has 0 radical (unpaired) electrons.